The second kappa shape index (κ2) is 5.28. The standard InChI is InChI=1S/C17H22N2O2/c1-17(2)14(9-15(17)21-3)18-10-12-8-11-6-4-5-7-13(11)19-16(12)20/h4-8,14-15,18H,9-10H2,1-3H3,(H,19,20). The van der Waals surface area contributed by atoms with Crippen LogP contribution in [0.2, 0.25) is 0 Å². The van der Waals surface area contributed by atoms with Gasteiger partial charge in [-0.2, -0.15) is 0 Å². The highest BCUT2D eigenvalue weighted by Crippen LogP contribution is 2.42. The van der Waals surface area contributed by atoms with Crippen molar-refractivity contribution in [1.29, 1.82) is 0 Å². The Hall–Kier alpha value is -1.65. The second-order valence-electron chi connectivity index (χ2n) is 6.43. The topological polar surface area (TPSA) is 54.1 Å². The number of hydrogen-bond donors (Lipinski definition) is 2. The van der Waals surface area contributed by atoms with Crippen LogP contribution in [0.4, 0.5) is 0 Å². The third-order valence-corrected chi connectivity index (χ3v) is 4.83. The number of nitrogens with one attached hydrogen (secondary N) is 2. The van der Waals surface area contributed by atoms with E-state index in [2.05, 4.69) is 24.1 Å². The van der Waals surface area contributed by atoms with Crippen LogP contribution in [0.5, 0.6) is 0 Å². The van der Waals surface area contributed by atoms with E-state index in [4.69, 9.17) is 4.74 Å². The van der Waals surface area contributed by atoms with E-state index in [1.165, 1.54) is 0 Å². The molecule has 4 heteroatoms. The number of methoxy groups -OCH3 is 1. The summed E-state index contributed by atoms with van der Waals surface area (Å²) in [5.41, 5.74) is 1.76. The number of H-pyrrole nitrogens is 1. The molecule has 1 aliphatic rings. The number of ether oxygens (including phenoxy) is 1. The molecule has 0 spiro atoms. The van der Waals surface area contributed by atoms with Crippen LogP contribution in [0.1, 0.15) is 25.8 Å². The van der Waals surface area contributed by atoms with Gasteiger partial charge in [0.2, 0.25) is 0 Å². The third kappa shape index (κ3) is 2.49. The fourth-order valence-corrected chi connectivity index (χ4v) is 3.19. The molecule has 1 heterocycles. The zero-order valence-electron chi connectivity index (χ0n) is 12.8. The highest BCUT2D eigenvalue weighted by Gasteiger charge is 2.48. The van der Waals surface area contributed by atoms with Gasteiger partial charge in [-0.3, -0.25) is 4.79 Å². The Morgan fingerprint density at radius 3 is 2.86 bits per heavy atom. The fraction of sp³-hybridized carbons (Fsp3) is 0.471. The highest BCUT2D eigenvalue weighted by molar-refractivity contribution is 5.78. The number of para-hydroxylation sites is 1. The molecule has 1 aromatic carbocycles. The SMILES string of the molecule is COC1CC(NCc2cc3ccccc3[nH]c2=O)C1(C)C. The van der Waals surface area contributed by atoms with E-state index in [1.807, 2.05) is 30.3 Å². The molecule has 21 heavy (non-hydrogen) atoms. The molecule has 1 fully saturated rings. The average Bonchev–Trinajstić information content (AvgIpc) is 2.46. The summed E-state index contributed by atoms with van der Waals surface area (Å²) in [7, 11) is 1.76. The molecule has 112 valence electrons. The maximum atomic E-state index is 12.1. The molecule has 0 saturated heterocycles. The van der Waals surface area contributed by atoms with Gasteiger partial charge in [-0.05, 0) is 23.9 Å². The Balaban J connectivity index is 1.74. The van der Waals surface area contributed by atoms with E-state index < -0.39 is 0 Å². The van der Waals surface area contributed by atoms with Gasteiger partial charge < -0.3 is 15.0 Å². The number of rotatable bonds is 4. The number of hydrogen-bond acceptors (Lipinski definition) is 3. The van der Waals surface area contributed by atoms with Crippen LogP contribution in [0, 0.1) is 5.41 Å². The maximum Gasteiger partial charge on any atom is 0.252 e. The minimum Gasteiger partial charge on any atom is -0.381 e. The van der Waals surface area contributed by atoms with E-state index in [0.29, 0.717) is 18.7 Å². The molecule has 3 rings (SSSR count). The minimum absolute atomic E-state index is 0.0124. The molecule has 0 aliphatic heterocycles. The molecule has 0 amide bonds. The van der Waals surface area contributed by atoms with E-state index in [9.17, 15) is 4.79 Å². The summed E-state index contributed by atoms with van der Waals surface area (Å²) in [6, 6.07) is 10.2. The third-order valence-electron chi connectivity index (χ3n) is 4.83. The summed E-state index contributed by atoms with van der Waals surface area (Å²) >= 11 is 0. The van der Waals surface area contributed by atoms with E-state index in [-0.39, 0.29) is 11.0 Å². The molecule has 1 saturated carbocycles. The number of benzene rings is 1. The minimum atomic E-state index is -0.0124. The summed E-state index contributed by atoms with van der Waals surface area (Å²) in [6.45, 7) is 4.99. The van der Waals surface area contributed by atoms with Crippen molar-refractivity contribution in [2.45, 2.75) is 39.0 Å². The van der Waals surface area contributed by atoms with Crippen LogP contribution in [0.25, 0.3) is 10.9 Å². The normalized spacial score (nSPS) is 24.0. The van der Waals surface area contributed by atoms with Gasteiger partial charge in [0.05, 0.1) is 6.10 Å². The number of pyridine rings is 1. The van der Waals surface area contributed by atoms with Gasteiger partial charge in [0.1, 0.15) is 0 Å². The lowest BCUT2D eigenvalue weighted by molar-refractivity contribution is -0.0979. The van der Waals surface area contributed by atoms with Crippen LogP contribution < -0.4 is 10.9 Å². The van der Waals surface area contributed by atoms with Gasteiger partial charge in [0, 0.05) is 36.2 Å². The molecule has 2 atom stereocenters. The van der Waals surface area contributed by atoms with E-state index in [1.54, 1.807) is 7.11 Å². The van der Waals surface area contributed by atoms with E-state index in [0.717, 1.165) is 22.9 Å². The molecule has 0 radical (unpaired) electrons. The van der Waals surface area contributed by atoms with Crippen molar-refractivity contribution < 1.29 is 4.74 Å². The largest absolute Gasteiger partial charge is 0.381 e. The average molecular weight is 286 g/mol. The van der Waals surface area contributed by atoms with Crippen molar-refractivity contribution in [3.05, 3.63) is 46.2 Å². The summed E-state index contributed by atoms with van der Waals surface area (Å²) in [5, 5.41) is 4.56. The first-order chi connectivity index (χ1) is 10.0. The first-order valence-corrected chi connectivity index (χ1v) is 7.39. The predicted octanol–water partition coefficient (Wildman–Crippen LogP) is 2.43. The second-order valence-corrected chi connectivity index (χ2v) is 6.43. The smallest absolute Gasteiger partial charge is 0.252 e. The number of fused-ring (bicyclic) bond motifs is 1. The van der Waals surface area contributed by atoms with Crippen LogP contribution in [-0.4, -0.2) is 24.2 Å². The summed E-state index contributed by atoms with van der Waals surface area (Å²) in [5.74, 6) is 0. The Kier molecular flexibility index (Phi) is 3.59. The first kappa shape index (κ1) is 14.3. The highest BCUT2D eigenvalue weighted by atomic mass is 16.5. The zero-order chi connectivity index (χ0) is 15.0. The Morgan fingerprint density at radius 1 is 1.38 bits per heavy atom. The maximum absolute atomic E-state index is 12.1. The van der Waals surface area contributed by atoms with Crippen molar-refractivity contribution in [2.75, 3.05) is 7.11 Å². The molecular formula is C17H22N2O2. The molecule has 2 N–H and O–H groups in total. The Morgan fingerprint density at radius 2 is 2.14 bits per heavy atom. The van der Waals surface area contributed by atoms with Gasteiger partial charge in [0.25, 0.3) is 5.56 Å². The Labute approximate surface area is 124 Å². The van der Waals surface area contributed by atoms with Gasteiger partial charge in [-0.1, -0.05) is 32.0 Å². The van der Waals surface area contributed by atoms with Gasteiger partial charge in [-0.25, -0.2) is 0 Å². The van der Waals surface area contributed by atoms with Gasteiger partial charge in [0.15, 0.2) is 0 Å². The predicted molar refractivity (Wildman–Crippen MR) is 84.4 cm³/mol. The van der Waals surface area contributed by atoms with Crippen molar-refractivity contribution >= 4 is 10.9 Å². The van der Waals surface area contributed by atoms with Gasteiger partial charge in [-0.15, -0.1) is 0 Å². The van der Waals surface area contributed by atoms with Gasteiger partial charge >= 0.3 is 0 Å². The lowest BCUT2D eigenvalue weighted by Crippen LogP contribution is -2.60. The lowest BCUT2D eigenvalue weighted by atomic mass is 9.64. The van der Waals surface area contributed by atoms with Crippen molar-refractivity contribution in [3.63, 3.8) is 0 Å². The monoisotopic (exact) mass is 286 g/mol. The van der Waals surface area contributed by atoms with Crippen LogP contribution in [0.15, 0.2) is 35.1 Å². The van der Waals surface area contributed by atoms with Crippen LogP contribution in [0.3, 0.4) is 0 Å². The summed E-state index contributed by atoms with van der Waals surface area (Å²) in [4.78, 5) is 15.1. The van der Waals surface area contributed by atoms with Crippen molar-refractivity contribution in [2.24, 2.45) is 5.41 Å². The zero-order valence-corrected chi connectivity index (χ0v) is 12.8. The molecule has 2 unspecified atom stereocenters. The number of aromatic amines is 1. The van der Waals surface area contributed by atoms with Crippen LogP contribution >= 0.6 is 0 Å². The molecule has 0 bridgehead atoms. The quantitative estimate of drug-likeness (QED) is 0.907. The first-order valence-electron chi connectivity index (χ1n) is 7.39. The molecule has 1 aromatic heterocycles. The molecular weight excluding hydrogens is 264 g/mol. The number of aromatic nitrogens is 1. The summed E-state index contributed by atoms with van der Waals surface area (Å²) < 4.78 is 5.46. The van der Waals surface area contributed by atoms with Crippen molar-refractivity contribution in [3.8, 4) is 0 Å². The lowest BCUT2D eigenvalue weighted by Gasteiger charge is -2.51. The fourth-order valence-electron chi connectivity index (χ4n) is 3.19. The Bertz CT molecular complexity index is 705. The van der Waals surface area contributed by atoms with Crippen molar-refractivity contribution in [1.82, 2.24) is 10.3 Å². The van der Waals surface area contributed by atoms with Crippen LogP contribution in [-0.2, 0) is 11.3 Å². The summed E-state index contributed by atoms with van der Waals surface area (Å²) in [6.07, 6.45) is 1.29. The molecule has 1 aliphatic carbocycles. The van der Waals surface area contributed by atoms with E-state index >= 15 is 0 Å². The molecule has 4 nitrogen and oxygen atoms in total. The molecule has 2 aromatic rings.